The number of thioether (sulfide) groups is 1. The lowest BCUT2D eigenvalue weighted by Gasteiger charge is -2.07. The van der Waals surface area contributed by atoms with Crippen molar-refractivity contribution in [3.63, 3.8) is 0 Å². The zero-order chi connectivity index (χ0) is 13.0. The van der Waals surface area contributed by atoms with Crippen molar-refractivity contribution in [2.75, 3.05) is 11.6 Å². The third-order valence-electron chi connectivity index (χ3n) is 2.37. The molecule has 1 aromatic carbocycles. The predicted molar refractivity (Wildman–Crippen MR) is 81.6 cm³/mol. The quantitative estimate of drug-likeness (QED) is 0.663. The summed E-state index contributed by atoms with van der Waals surface area (Å²) in [5, 5.41) is 3.28. The Morgan fingerprint density at radius 2 is 2.11 bits per heavy atom. The van der Waals surface area contributed by atoms with E-state index in [9.17, 15) is 0 Å². The Hall–Kier alpha value is -1.59. The van der Waals surface area contributed by atoms with E-state index in [1.54, 1.807) is 18.0 Å². The third-order valence-corrected chi connectivity index (χ3v) is 3.31. The van der Waals surface area contributed by atoms with Gasteiger partial charge in [-0.1, -0.05) is 18.3 Å². The number of aromatic nitrogens is 1. The molecule has 0 aliphatic carbocycles. The summed E-state index contributed by atoms with van der Waals surface area (Å²) in [5.41, 5.74) is 8.08. The zero-order valence-corrected chi connectivity index (χ0v) is 11.5. The minimum atomic E-state index is 0.311. The van der Waals surface area contributed by atoms with E-state index in [1.807, 2.05) is 24.3 Å². The van der Waals surface area contributed by atoms with Crippen molar-refractivity contribution in [2.45, 2.75) is 4.90 Å². The van der Waals surface area contributed by atoms with Crippen LogP contribution in [0.4, 0.5) is 11.4 Å². The molecule has 1 heterocycles. The number of nitrogens with zero attached hydrogens (tertiary/aromatic N) is 1. The zero-order valence-electron chi connectivity index (χ0n) is 9.88. The van der Waals surface area contributed by atoms with Crippen molar-refractivity contribution in [3.05, 3.63) is 48.3 Å². The van der Waals surface area contributed by atoms with Gasteiger partial charge in [-0.05, 0) is 36.6 Å². The number of benzene rings is 1. The van der Waals surface area contributed by atoms with Gasteiger partial charge in [-0.15, -0.1) is 11.8 Å². The Labute approximate surface area is 116 Å². The van der Waals surface area contributed by atoms with Crippen LogP contribution in [-0.2, 0) is 0 Å². The summed E-state index contributed by atoms with van der Waals surface area (Å²) in [4.78, 5) is 5.71. The van der Waals surface area contributed by atoms with Gasteiger partial charge in [0.15, 0.2) is 0 Å². The van der Waals surface area contributed by atoms with Crippen LogP contribution in [-0.4, -0.2) is 16.2 Å². The third kappa shape index (κ3) is 3.21. The summed E-state index contributed by atoms with van der Waals surface area (Å²) < 4.78 is 0. The fraction of sp³-hybridized carbons (Fsp3) is 0.0769. The minimum Gasteiger partial charge on any atom is -0.388 e. The summed E-state index contributed by atoms with van der Waals surface area (Å²) in [6.07, 6.45) is 3.78. The van der Waals surface area contributed by atoms with Crippen molar-refractivity contribution in [1.29, 1.82) is 0 Å². The van der Waals surface area contributed by atoms with Gasteiger partial charge >= 0.3 is 0 Å². The van der Waals surface area contributed by atoms with Crippen LogP contribution in [0.3, 0.4) is 0 Å². The molecule has 3 N–H and O–H groups in total. The second-order valence-electron chi connectivity index (χ2n) is 3.65. The molecule has 3 nitrogen and oxygen atoms in total. The highest BCUT2D eigenvalue weighted by Gasteiger charge is 1.99. The maximum Gasteiger partial charge on any atom is 0.122 e. The lowest BCUT2D eigenvalue weighted by atomic mass is 10.3. The summed E-state index contributed by atoms with van der Waals surface area (Å²) in [5.74, 6) is 0. The summed E-state index contributed by atoms with van der Waals surface area (Å²) in [7, 11) is 0. The fourth-order valence-electron chi connectivity index (χ4n) is 1.48. The molecule has 5 heteroatoms. The fourth-order valence-corrected chi connectivity index (χ4v) is 2.06. The Balaban J connectivity index is 2.15. The molecular formula is C13H13N3S2. The largest absolute Gasteiger partial charge is 0.388 e. The van der Waals surface area contributed by atoms with E-state index in [1.165, 1.54) is 4.90 Å². The van der Waals surface area contributed by atoms with Crippen LogP contribution in [0.1, 0.15) is 5.69 Å². The minimum absolute atomic E-state index is 0.311. The Morgan fingerprint density at radius 3 is 2.72 bits per heavy atom. The van der Waals surface area contributed by atoms with E-state index in [4.69, 9.17) is 18.0 Å². The number of thiocarbonyl (C=S) groups is 1. The van der Waals surface area contributed by atoms with Gasteiger partial charge in [0.25, 0.3) is 0 Å². The molecule has 1 aromatic heterocycles. The molecule has 2 rings (SSSR count). The van der Waals surface area contributed by atoms with Gasteiger partial charge < -0.3 is 11.1 Å². The van der Waals surface area contributed by atoms with Crippen LogP contribution in [0.5, 0.6) is 0 Å². The monoisotopic (exact) mass is 275 g/mol. The Morgan fingerprint density at radius 1 is 1.28 bits per heavy atom. The lowest BCUT2D eigenvalue weighted by Crippen LogP contribution is -2.11. The summed E-state index contributed by atoms with van der Waals surface area (Å²) >= 11 is 6.57. The van der Waals surface area contributed by atoms with Crippen molar-refractivity contribution in [3.8, 4) is 0 Å². The first-order valence-corrected chi connectivity index (χ1v) is 6.99. The van der Waals surface area contributed by atoms with E-state index < -0.39 is 0 Å². The van der Waals surface area contributed by atoms with Crippen molar-refractivity contribution in [1.82, 2.24) is 4.98 Å². The molecule has 18 heavy (non-hydrogen) atoms. The first kappa shape index (κ1) is 12.9. The molecule has 0 fully saturated rings. The molecule has 0 aliphatic rings. The van der Waals surface area contributed by atoms with Gasteiger partial charge in [-0.25, -0.2) is 0 Å². The Kier molecular flexibility index (Phi) is 4.17. The molecule has 0 aliphatic heterocycles. The average molecular weight is 275 g/mol. The molecule has 0 amide bonds. The molecule has 0 radical (unpaired) electrons. The number of pyridine rings is 1. The SMILES string of the molecule is CSc1cccc(Nc2ccc(C(N)=S)nc2)c1. The van der Waals surface area contributed by atoms with E-state index in [0.717, 1.165) is 11.4 Å². The highest BCUT2D eigenvalue weighted by molar-refractivity contribution is 7.98. The molecule has 92 valence electrons. The highest BCUT2D eigenvalue weighted by Crippen LogP contribution is 2.21. The van der Waals surface area contributed by atoms with E-state index >= 15 is 0 Å². The Bertz CT molecular complexity index is 552. The smallest absolute Gasteiger partial charge is 0.122 e. The van der Waals surface area contributed by atoms with Crippen molar-refractivity contribution < 1.29 is 0 Å². The summed E-state index contributed by atoms with van der Waals surface area (Å²) in [6.45, 7) is 0. The van der Waals surface area contributed by atoms with Crippen molar-refractivity contribution >= 4 is 40.3 Å². The van der Waals surface area contributed by atoms with Gasteiger partial charge in [0.1, 0.15) is 4.99 Å². The second kappa shape index (κ2) is 5.84. The maximum atomic E-state index is 5.50. The molecule has 0 saturated carbocycles. The van der Waals surface area contributed by atoms with Crippen LogP contribution in [0, 0.1) is 0 Å². The maximum absolute atomic E-state index is 5.50. The predicted octanol–water partition coefficient (Wildman–Crippen LogP) is 3.18. The number of rotatable bonds is 4. The molecule has 0 spiro atoms. The number of nitrogens with two attached hydrogens (primary N) is 1. The standard InChI is InChI=1S/C13H13N3S2/c1-18-11-4-2-3-9(7-11)16-10-5-6-12(13(14)17)15-8-10/h2-8,16H,1H3,(H2,14,17). The van der Waals surface area contributed by atoms with Crippen LogP contribution < -0.4 is 11.1 Å². The highest BCUT2D eigenvalue weighted by atomic mass is 32.2. The van der Waals surface area contributed by atoms with Gasteiger partial charge in [0, 0.05) is 10.6 Å². The van der Waals surface area contributed by atoms with E-state index in [2.05, 4.69) is 28.7 Å². The van der Waals surface area contributed by atoms with Gasteiger partial charge in [0.2, 0.25) is 0 Å². The van der Waals surface area contributed by atoms with Gasteiger partial charge in [-0.3, -0.25) is 4.98 Å². The van der Waals surface area contributed by atoms with Crippen LogP contribution in [0.25, 0.3) is 0 Å². The van der Waals surface area contributed by atoms with Gasteiger partial charge in [0.05, 0.1) is 17.6 Å². The number of anilines is 2. The number of hydrogen-bond donors (Lipinski definition) is 2. The number of nitrogens with one attached hydrogen (secondary N) is 1. The first-order valence-electron chi connectivity index (χ1n) is 5.36. The lowest BCUT2D eigenvalue weighted by molar-refractivity contribution is 1.28. The van der Waals surface area contributed by atoms with E-state index in [-0.39, 0.29) is 0 Å². The van der Waals surface area contributed by atoms with Crippen LogP contribution in [0.15, 0.2) is 47.5 Å². The molecule has 2 aromatic rings. The van der Waals surface area contributed by atoms with Crippen LogP contribution >= 0.6 is 24.0 Å². The molecule has 0 atom stereocenters. The first-order chi connectivity index (χ1) is 8.69. The van der Waals surface area contributed by atoms with E-state index in [0.29, 0.717) is 10.7 Å². The van der Waals surface area contributed by atoms with Gasteiger partial charge in [-0.2, -0.15) is 0 Å². The average Bonchev–Trinajstić information content (AvgIpc) is 2.39. The molecule has 0 saturated heterocycles. The number of hydrogen-bond acceptors (Lipinski definition) is 4. The van der Waals surface area contributed by atoms with Crippen LogP contribution in [0.2, 0.25) is 0 Å². The molecule has 0 bridgehead atoms. The van der Waals surface area contributed by atoms with Crippen molar-refractivity contribution in [2.24, 2.45) is 5.73 Å². The summed E-state index contributed by atoms with van der Waals surface area (Å²) in [6, 6.07) is 11.9. The second-order valence-corrected chi connectivity index (χ2v) is 4.97. The molecule has 0 unspecified atom stereocenters. The molecular weight excluding hydrogens is 262 g/mol. The topological polar surface area (TPSA) is 50.9 Å². The normalized spacial score (nSPS) is 10.1.